The first-order valence-electron chi connectivity index (χ1n) is 5.46. The van der Waals surface area contributed by atoms with E-state index in [0.29, 0.717) is 5.75 Å². The second kappa shape index (κ2) is 6.04. The second-order valence-corrected chi connectivity index (χ2v) is 5.01. The first kappa shape index (κ1) is 14.5. The highest BCUT2D eigenvalue weighted by Gasteiger charge is 2.20. The van der Waals surface area contributed by atoms with Crippen molar-refractivity contribution in [2.45, 2.75) is 0 Å². The van der Waals surface area contributed by atoms with Gasteiger partial charge in [-0.1, -0.05) is 0 Å². The minimum absolute atomic E-state index is 0.0584. The lowest BCUT2D eigenvalue weighted by Crippen LogP contribution is -1.97. The first-order chi connectivity index (χ1) is 9.51. The maximum Gasteiger partial charge on any atom is 0.314 e. The zero-order valence-electron chi connectivity index (χ0n) is 10.3. The fraction of sp³-hybridized carbons (Fsp3) is 0.0769. The van der Waals surface area contributed by atoms with Gasteiger partial charge in [-0.2, -0.15) is 0 Å². The van der Waals surface area contributed by atoms with Crippen LogP contribution in [0.15, 0.2) is 36.4 Å². The molecule has 0 fully saturated rings. The van der Waals surface area contributed by atoms with Gasteiger partial charge in [-0.05, 0) is 46.9 Å². The van der Waals surface area contributed by atoms with Crippen LogP contribution in [0.1, 0.15) is 0 Å². The minimum atomic E-state index is -0.823. The van der Waals surface area contributed by atoms with Crippen LogP contribution in [0, 0.1) is 19.5 Å². The molecule has 2 rings (SSSR count). The Hall–Kier alpha value is -1.90. The van der Waals surface area contributed by atoms with Gasteiger partial charge < -0.3 is 9.47 Å². The smallest absolute Gasteiger partial charge is 0.314 e. The molecule has 5 nitrogen and oxygen atoms in total. The van der Waals surface area contributed by atoms with E-state index < -0.39 is 16.4 Å². The van der Waals surface area contributed by atoms with Crippen molar-refractivity contribution in [3.8, 4) is 17.2 Å². The van der Waals surface area contributed by atoms with Gasteiger partial charge >= 0.3 is 5.69 Å². The summed E-state index contributed by atoms with van der Waals surface area (Å²) in [5.74, 6) is -0.582. The van der Waals surface area contributed by atoms with Gasteiger partial charge in [0.1, 0.15) is 5.75 Å². The van der Waals surface area contributed by atoms with E-state index in [-0.39, 0.29) is 11.5 Å². The van der Waals surface area contributed by atoms with Gasteiger partial charge in [0.15, 0.2) is 11.6 Å². The zero-order chi connectivity index (χ0) is 14.7. The molecule has 0 radical (unpaired) electrons. The summed E-state index contributed by atoms with van der Waals surface area (Å²) in [7, 11) is 1.27. The van der Waals surface area contributed by atoms with Crippen LogP contribution >= 0.6 is 22.6 Å². The van der Waals surface area contributed by atoms with Crippen molar-refractivity contribution in [1.82, 2.24) is 0 Å². The van der Waals surface area contributed by atoms with Crippen molar-refractivity contribution in [2.24, 2.45) is 0 Å². The zero-order valence-corrected chi connectivity index (χ0v) is 12.5. The molecule has 0 bridgehead atoms. The van der Waals surface area contributed by atoms with E-state index in [2.05, 4.69) is 22.6 Å². The molecule has 0 aliphatic rings. The lowest BCUT2D eigenvalue weighted by molar-refractivity contribution is -0.386. The van der Waals surface area contributed by atoms with Crippen LogP contribution in [0.5, 0.6) is 17.2 Å². The maximum atomic E-state index is 13.8. The summed E-state index contributed by atoms with van der Waals surface area (Å²) in [4.78, 5) is 10.0. The molecule has 0 spiro atoms. The summed E-state index contributed by atoms with van der Waals surface area (Å²) in [5, 5.41) is 10.8. The molecule has 0 saturated carbocycles. The minimum Gasteiger partial charge on any atom is -0.490 e. The number of ether oxygens (including phenoxy) is 2. The first-order valence-corrected chi connectivity index (χ1v) is 6.54. The highest BCUT2D eigenvalue weighted by Crippen LogP contribution is 2.35. The molecule has 0 amide bonds. The van der Waals surface area contributed by atoms with Gasteiger partial charge in [0.25, 0.3) is 0 Å². The van der Waals surface area contributed by atoms with Gasteiger partial charge in [-0.15, -0.1) is 0 Å². The lowest BCUT2D eigenvalue weighted by atomic mass is 10.2. The molecule has 2 aromatic carbocycles. The molecule has 20 heavy (non-hydrogen) atoms. The second-order valence-electron chi connectivity index (χ2n) is 3.77. The molecule has 0 saturated heterocycles. The van der Waals surface area contributed by atoms with Crippen LogP contribution < -0.4 is 9.47 Å². The van der Waals surface area contributed by atoms with Crippen molar-refractivity contribution >= 4 is 28.3 Å². The van der Waals surface area contributed by atoms with E-state index in [4.69, 9.17) is 9.47 Å². The maximum absolute atomic E-state index is 13.8. The van der Waals surface area contributed by atoms with Crippen molar-refractivity contribution in [3.63, 3.8) is 0 Å². The van der Waals surface area contributed by atoms with Crippen LogP contribution in [0.3, 0.4) is 0 Å². The van der Waals surface area contributed by atoms with Gasteiger partial charge in [-0.3, -0.25) is 10.1 Å². The van der Waals surface area contributed by atoms with Crippen LogP contribution in [-0.4, -0.2) is 12.0 Å². The Kier molecular flexibility index (Phi) is 4.38. The van der Waals surface area contributed by atoms with Gasteiger partial charge in [0, 0.05) is 9.64 Å². The molecule has 0 unspecified atom stereocenters. The summed E-state index contributed by atoms with van der Waals surface area (Å²) in [5.41, 5.74) is -0.444. The van der Waals surface area contributed by atoms with Crippen molar-refractivity contribution in [1.29, 1.82) is 0 Å². The third-order valence-electron chi connectivity index (χ3n) is 2.47. The third-order valence-corrected chi connectivity index (χ3v) is 3.19. The van der Waals surface area contributed by atoms with Crippen LogP contribution in [0.2, 0.25) is 0 Å². The van der Waals surface area contributed by atoms with Gasteiger partial charge in [0.2, 0.25) is 5.75 Å². The Balaban J connectivity index is 2.37. The van der Waals surface area contributed by atoms with Crippen LogP contribution in [0.4, 0.5) is 10.1 Å². The summed E-state index contributed by atoms with van der Waals surface area (Å²) in [6, 6.07) is 8.89. The van der Waals surface area contributed by atoms with Crippen molar-refractivity contribution < 1.29 is 18.8 Å². The Morgan fingerprint density at radius 3 is 2.40 bits per heavy atom. The summed E-state index contributed by atoms with van der Waals surface area (Å²) in [6.45, 7) is 0. The average molecular weight is 389 g/mol. The standard InChI is InChI=1S/C13H9FINO4/c1-19-13-7-12(10(14)6-11(13)16(17)18)20-9-4-2-8(15)3-5-9/h2-7H,1H3. The fourth-order valence-electron chi connectivity index (χ4n) is 1.54. The Bertz CT molecular complexity index is 646. The quantitative estimate of drug-likeness (QED) is 0.448. The summed E-state index contributed by atoms with van der Waals surface area (Å²) >= 11 is 2.13. The van der Waals surface area contributed by atoms with E-state index in [1.54, 1.807) is 24.3 Å². The van der Waals surface area contributed by atoms with E-state index in [9.17, 15) is 14.5 Å². The largest absolute Gasteiger partial charge is 0.490 e. The van der Waals surface area contributed by atoms with E-state index >= 15 is 0 Å². The number of halogens is 2. The van der Waals surface area contributed by atoms with Gasteiger partial charge in [0.05, 0.1) is 18.1 Å². The molecular weight excluding hydrogens is 380 g/mol. The van der Waals surface area contributed by atoms with E-state index in [0.717, 1.165) is 15.7 Å². The molecule has 0 atom stereocenters. The monoisotopic (exact) mass is 389 g/mol. The SMILES string of the molecule is COc1cc(Oc2ccc(I)cc2)c(F)cc1[N+](=O)[O-]. The normalized spacial score (nSPS) is 10.2. The number of hydrogen-bond donors (Lipinski definition) is 0. The summed E-state index contributed by atoms with van der Waals surface area (Å²) < 4.78 is 25.0. The van der Waals surface area contributed by atoms with Crippen LogP contribution in [0.25, 0.3) is 0 Å². The molecule has 0 heterocycles. The molecule has 0 aromatic heterocycles. The number of nitro benzene ring substituents is 1. The summed E-state index contributed by atoms with van der Waals surface area (Å²) in [6.07, 6.45) is 0. The highest BCUT2D eigenvalue weighted by atomic mass is 127. The number of methoxy groups -OCH3 is 1. The third kappa shape index (κ3) is 3.16. The molecular formula is C13H9FINO4. The van der Waals surface area contributed by atoms with Crippen molar-refractivity contribution in [3.05, 3.63) is 55.9 Å². The number of hydrogen-bond acceptors (Lipinski definition) is 4. The molecule has 2 aromatic rings. The molecule has 104 valence electrons. The Morgan fingerprint density at radius 2 is 1.85 bits per heavy atom. The number of nitro groups is 1. The predicted octanol–water partition coefficient (Wildman–Crippen LogP) is 4.14. The molecule has 0 aliphatic carbocycles. The number of benzene rings is 2. The van der Waals surface area contributed by atoms with E-state index in [1.165, 1.54) is 7.11 Å². The Labute approximate surface area is 127 Å². The number of rotatable bonds is 4. The molecule has 7 heteroatoms. The Morgan fingerprint density at radius 1 is 1.20 bits per heavy atom. The highest BCUT2D eigenvalue weighted by molar-refractivity contribution is 14.1. The topological polar surface area (TPSA) is 61.6 Å². The molecule has 0 N–H and O–H groups in total. The predicted molar refractivity (Wildman–Crippen MR) is 78.8 cm³/mol. The fourth-order valence-corrected chi connectivity index (χ4v) is 1.90. The van der Waals surface area contributed by atoms with Gasteiger partial charge in [-0.25, -0.2) is 4.39 Å². The lowest BCUT2D eigenvalue weighted by Gasteiger charge is -2.09. The number of nitrogens with zero attached hydrogens (tertiary/aromatic N) is 1. The average Bonchev–Trinajstić information content (AvgIpc) is 2.42. The van der Waals surface area contributed by atoms with Crippen molar-refractivity contribution in [2.75, 3.05) is 7.11 Å². The molecule has 0 aliphatic heterocycles. The van der Waals surface area contributed by atoms with Crippen LogP contribution in [-0.2, 0) is 0 Å². The van der Waals surface area contributed by atoms with E-state index in [1.807, 2.05) is 0 Å².